The van der Waals surface area contributed by atoms with Crippen molar-refractivity contribution in [2.45, 2.75) is 25.7 Å². The number of rotatable bonds is 2. The number of fused-ring (bicyclic) bond motifs is 1. The highest BCUT2D eigenvalue weighted by atomic mass is 35.5. The molecule has 20 heavy (non-hydrogen) atoms. The van der Waals surface area contributed by atoms with Crippen molar-refractivity contribution in [3.63, 3.8) is 0 Å². The van der Waals surface area contributed by atoms with Gasteiger partial charge in [0.15, 0.2) is 0 Å². The lowest BCUT2D eigenvalue weighted by atomic mass is 9.92. The number of carbonyl (C=O) groups excluding carboxylic acids is 1. The van der Waals surface area contributed by atoms with Gasteiger partial charge in [-0.3, -0.25) is 4.79 Å². The summed E-state index contributed by atoms with van der Waals surface area (Å²) in [5.41, 5.74) is 0. The van der Waals surface area contributed by atoms with Crippen LogP contribution in [0.3, 0.4) is 0 Å². The molecule has 0 aliphatic carbocycles. The molecule has 2 aliphatic rings. The molecule has 3 rings (SSSR count). The molecule has 1 unspecified atom stereocenters. The fraction of sp³-hybridized carbons (Fsp3) is 0.667. The molecule has 1 amide bonds. The second kappa shape index (κ2) is 6.92. The molecule has 3 heterocycles. The Hall–Kier alpha value is -0.580. The van der Waals surface area contributed by atoms with E-state index in [9.17, 15) is 4.79 Å². The van der Waals surface area contributed by atoms with Gasteiger partial charge in [-0.25, -0.2) is 0 Å². The summed E-state index contributed by atoms with van der Waals surface area (Å²) in [5, 5.41) is 5.53. The van der Waals surface area contributed by atoms with Crippen molar-refractivity contribution in [2.75, 3.05) is 26.2 Å². The first-order chi connectivity index (χ1) is 9.25. The number of carbonyl (C=O) groups is 1. The van der Waals surface area contributed by atoms with Crippen LogP contribution < -0.4 is 5.32 Å². The van der Waals surface area contributed by atoms with E-state index < -0.39 is 0 Å². The van der Waals surface area contributed by atoms with Crippen molar-refractivity contribution in [1.29, 1.82) is 0 Å². The first kappa shape index (κ1) is 15.8. The van der Waals surface area contributed by atoms with Crippen LogP contribution in [0.5, 0.6) is 0 Å². The van der Waals surface area contributed by atoms with Gasteiger partial charge in [0.25, 0.3) is 0 Å². The maximum Gasteiger partial charge on any atom is 0.230 e. The van der Waals surface area contributed by atoms with E-state index in [1.165, 1.54) is 17.7 Å². The van der Waals surface area contributed by atoms with Crippen LogP contribution in [0.4, 0.5) is 0 Å². The van der Waals surface area contributed by atoms with Gasteiger partial charge in [-0.05, 0) is 56.1 Å². The number of hydrogen-bond donors (Lipinski definition) is 1. The van der Waals surface area contributed by atoms with Gasteiger partial charge in [0.05, 0.1) is 5.92 Å². The summed E-state index contributed by atoms with van der Waals surface area (Å²) >= 11 is 1.69. The van der Waals surface area contributed by atoms with Crippen LogP contribution in [0.1, 0.15) is 30.6 Å². The third kappa shape index (κ3) is 3.18. The minimum atomic E-state index is 0. The quantitative estimate of drug-likeness (QED) is 0.910. The molecule has 0 bridgehead atoms. The number of halogens is 1. The molecule has 112 valence electrons. The Morgan fingerprint density at radius 2 is 2.00 bits per heavy atom. The first-order valence-corrected chi connectivity index (χ1v) is 8.16. The van der Waals surface area contributed by atoms with Gasteiger partial charge in [0.2, 0.25) is 5.91 Å². The molecule has 2 fully saturated rings. The Bertz CT molecular complexity index is 423. The van der Waals surface area contributed by atoms with E-state index >= 15 is 0 Å². The Kier molecular flexibility index (Phi) is 5.47. The molecule has 5 heteroatoms. The molecular weight excluding hydrogens is 292 g/mol. The second-order valence-electron chi connectivity index (χ2n) is 5.82. The Morgan fingerprint density at radius 1 is 1.35 bits per heavy atom. The topological polar surface area (TPSA) is 32.3 Å². The molecule has 1 aromatic heterocycles. The van der Waals surface area contributed by atoms with Gasteiger partial charge in [-0.2, -0.15) is 0 Å². The number of hydrogen-bond acceptors (Lipinski definition) is 3. The molecule has 2 aliphatic heterocycles. The smallest absolute Gasteiger partial charge is 0.230 e. The lowest BCUT2D eigenvalue weighted by Crippen LogP contribution is -2.35. The number of thiophene rings is 1. The molecule has 3 nitrogen and oxygen atoms in total. The lowest BCUT2D eigenvalue weighted by molar-refractivity contribution is -0.132. The summed E-state index contributed by atoms with van der Waals surface area (Å²) in [4.78, 5) is 15.9. The van der Waals surface area contributed by atoms with E-state index in [2.05, 4.69) is 21.7 Å². The molecule has 3 atom stereocenters. The van der Waals surface area contributed by atoms with E-state index in [0.717, 1.165) is 38.0 Å². The number of nitrogens with one attached hydrogen (secondary N) is 1. The largest absolute Gasteiger partial charge is 0.342 e. The predicted octanol–water partition coefficient (Wildman–Crippen LogP) is 2.73. The molecule has 2 saturated heterocycles. The average molecular weight is 315 g/mol. The summed E-state index contributed by atoms with van der Waals surface area (Å²) in [6, 6.07) is 4.10. The van der Waals surface area contributed by atoms with Crippen molar-refractivity contribution in [3.05, 3.63) is 22.4 Å². The molecule has 0 aromatic carbocycles. The maximum atomic E-state index is 12.6. The Labute approximate surface area is 131 Å². The number of amides is 1. The van der Waals surface area contributed by atoms with Crippen molar-refractivity contribution in [1.82, 2.24) is 10.2 Å². The van der Waals surface area contributed by atoms with Crippen LogP contribution in [-0.2, 0) is 4.79 Å². The summed E-state index contributed by atoms with van der Waals surface area (Å²) in [7, 11) is 0. The van der Waals surface area contributed by atoms with E-state index in [1.807, 2.05) is 13.0 Å². The Balaban J connectivity index is 0.00000147. The zero-order valence-corrected chi connectivity index (χ0v) is 13.5. The number of nitrogens with zero attached hydrogens (tertiary/aromatic N) is 1. The highest BCUT2D eigenvalue weighted by molar-refractivity contribution is 7.10. The lowest BCUT2D eigenvalue weighted by Gasteiger charge is -2.24. The van der Waals surface area contributed by atoms with Gasteiger partial charge in [0, 0.05) is 18.0 Å². The fourth-order valence-corrected chi connectivity index (χ4v) is 4.15. The molecule has 1 aromatic rings. The fourth-order valence-electron chi connectivity index (χ4n) is 3.37. The van der Waals surface area contributed by atoms with Crippen LogP contribution >= 0.6 is 23.7 Å². The Morgan fingerprint density at radius 3 is 2.55 bits per heavy atom. The third-order valence-corrected chi connectivity index (χ3v) is 5.73. The van der Waals surface area contributed by atoms with Crippen molar-refractivity contribution in [2.24, 2.45) is 11.8 Å². The van der Waals surface area contributed by atoms with Crippen LogP contribution in [0, 0.1) is 11.8 Å². The zero-order chi connectivity index (χ0) is 13.2. The first-order valence-electron chi connectivity index (χ1n) is 7.28. The predicted molar refractivity (Wildman–Crippen MR) is 85.6 cm³/mol. The van der Waals surface area contributed by atoms with Gasteiger partial charge >= 0.3 is 0 Å². The molecule has 0 spiro atoms. The normalized spacial score (nSPS) is 27.4. The number of likely N-dealkylation sites (tertiary alicyclic amines) is 1. The summed E-state index contributed by atoms with van der Waals surface area (Å²) in [5.74, 6) is 1.91. The van der Waals surface area contributed by atoms with Gasteiger partial charge in [0.1, 0.15) is 0 Å². The molecule has 1 N–H and O–H groups in total. The van der Waals surface area contributed by atoms with Gasteiger partial charge in [-0.1, -0.05) is 6.07 Å². The minimum absolute atomic E-state index is 0. The van der Waals surface area contributed by atoms with Crippen molar-refractivity contribution >= 4 is 29.7 Å². The van der Waals surface area contributed by atoms with E-state index in [-0.39, 0.29) is 18.3 Å². The van der Waals surface area contributed by atoms with Crippen LogP contribution in [0.15, 0.2) is 17.5 Å². The van der Waals surface area contributed by atoms with Gasteiger partial charge < -0.3 is 10.2 Å². The van der Waals surface area contributed by atoms with Crippen LogP contribution in [-0.4, -0.2) is 37.0 Å². The molecule has 0 radical (unpaired) electrons. The average Bonchev–Trinajstić information content (AvgIpc) is 3.06. The SMILES string of the molecule is CC(C(=O)N1CC[C@@H]2CNC[C@@H]2CC1)c1cccs1.Cl. The van der Waals surface area contributed by atoms with E-state index in [4.69, 9.17) is 0 Å². The monoisotopic (exact) mass is 314 g/mol. The minimum Gasteiger partial charge on any atom is -0.342 e. The van der Waals surface area contributed by atoms with Crippen LogP contribution in [0.2, 0.25) is 0 Å². The van der Waals surface area contributed by atoms with E-state index in [1.54, 1.807) is 11.3 Å². The highest BCUT2D eigenvalue weighted by Gasteiger charge is 2.32. The standard InChI is InChI=1S/C15H22N2OS.ClH/c1-11(14-3-2-8-19-14)15(18)17-6-4-12-9-16-10-13(12)5-7-17;/h2-3,8,11-13,16H,4-7,9-10H2,1H3;1H/t11?,12-,13+;. The second-order valence-corrected chi connectivity index (χ2v) is 6.80. The zero-order valence-electron chi connectivity index (χ0n) is 11.9. The van der Waals surface area contributed by atoms with E-state index in [0.29, 0.717) is 5.91 Å². The highest BCUT2D eigenvalue weighted by Crippen LogP contribution is 2.29. The molecule has 0 saturated carbocycles. The summed E-state index contributed by atoms with van der Waals surface area (Å²) in [6.07, 6.45) is 2.33. The third-order valence-electron chi connectivity index (χ3n) is 4.67. The molecular formula is C15H23ClN2OS. The maximum absolute atomic E-state index is 12.6. The summed E-state index contributed by atoms with van der Waals surface area (Å²) < 4.78 is 0. The summed E-state index contributed by atoms with van der Waals surface area (Å²) in [6.45, 7) is 6.22. The van der Waals surface area contributed by atoms with Crippen molar-refractivity contribution < 1.29 is 4.79 Å². The van der Waals surface area contributed by atoms with Crippen molar-refractivity contribution in [3.8, 4) is 0 Å². The van der Waals surface area contributed by atoms with Crippen LogP contribution in [0.25, 0.3) is 0 Å². The van der Waals surface area contributed by atoms with Gasteiger partial charge in [-0.15, -0.1) is 23.7 Å².